The van der Waals surface area contributed by atoms with Crippen LogP contribution in [0.5, 0.6) is 0 Å². The monoisotopic (exact) mass is 213 g/mol. The maximum Gasteiger partial charge on any atom is 0.307 e. The van der Waals surface area contributed by atoms with E-state index in [-0.39, 0.29) is 37.0 Å². The van der Waals surface area contributed by atoms with Crippen LogP contribution in [-0.2, 0) is 19.1 Å². The lowest BCUT2D eigenvalue weighted by molar-refractivity contribution is -0.147. The Morgan fingerprint density at radius 1 is 1.40 bits per heavy atom. The number of carbonyl (C=O) groups is 3. The number of ether oxygens (including phenoxy) is 1. The van der Waals surface area contributed by atoms with E-state index in [0.717, 1.165) is 4.90 Å². The first kappa shape index (κ1) is 11.7. The van der Waals surface area contributed by atoms with Crippen LogP contribution >= 0.6 is 0 Å². The van der Waals surface area contributed by atoms with Gasteiger partial charge >= 0.3 is 5.97 Å². The van der Waals surface area contributed by atoms with Gasteiger partial charge in [-0.3, -0.25) is 19.3 Å². The number of amides is 2. The Labute approximate surface area is 88.4 Å². The average Bonchev–Trinajstić information content (AvgIpc) is 2.46. The van der Waals surface area contributed by atoms with E-state index in [4.69, 9.17) is 4.74 Å². The SMILES string of the molecule is CCOC(=O)C[C@H](C)N1C(=O)CCC1=O. The zero-order chi connectivity index (χ0) is 11.4. The van der Waals surface area contributed by atoms with Gasteiger partial charge in [0.15, 0.2) is 0 Å². The smallest absolute Gasteiger partial charge is 0.307 e. The zero-order valence-electron chi connectivity index (χ0n) is 8.99. The lowest BCUT2D eigenvalue weighted by atomic mass is 10.2. The maximum atomic E-state index is 11.3. The third-order valence-corrected chi connectivity index (χ3v) is 2.30. The number of hydrogen-bond acceptors (Lipinski definition) is 4. The molecule has 0 unspecified atom stereocenters. The molecule has 0 bridgehead atoms. The number of imide groups is 1. The normalized spacial score (nSPS) is 18.1. The molecule has 0 aliphatic carbocycles. The van der Waals surface area contributed by atoms with Crippen LogP contribution in [0.4, 0.5) is 0 Å². The first-order valence-corrected chi connectivity index (χ1v) is 5.06. The van der Waals surface area contributed by atoms with Crippen molar-refractivity contribution in [3.63, 3.8) is 0 Å². The van der Waals surface area contributed by atoms with E-state index in [1.165, 1.54) is 0 Å². The molecule has 1 rings (SSSR count). The Kier molecular flexibility index (Phi) is 3.82. The molecule has 0 aromatic carbocycles. The van der Waals surface area contributed by atoms with Crippen LogP contribution in [0, 0.1) is 0 Å². The predicted octanol–water partition coefficient (Wildman–Crippen LogP) is 0.477. The highest BCUT2D eigenvalue weighted by Gasteiger charge is 2.33. The Morgan fingerprint density at radius 3 is 2.40 bits per heavy atom. The summed E-state index contributed by atoms with van der Waals surface area (Å²) in [5.41, 5.74) is 0. The van der Waals surface area contributed by atoms with Crippen LogP contribution in [-0.4, -0.2) is 35.3 Å². The maximum absolute atomic E-state index is 11.3. The molecule has 1 heterocycles. The molecule has 1 aliphatic rings. The van der Waals surface area contributed by atoms with E-state index in [9.17, 15) is 14.4 Å². The lowest BCUT2D eigenvalue weighted by Gasteiger charge is -2.21. The van der Waals surface area contributed by atoms with Crippen molar-refractivity contribution in [3.05, 3.63) is 0 Å². The van der Waals surface area contributed by atoms with E-state index in [1.807, 2.05) is 0 Å². The zero-order valence-corrected chi connectivity index (χ0v) is 8.99. The number of nitrogens with zero attached hydrogens (tertiary/aromatic N) is 1. The van der Waals surface area contributed by atoms with E-state index in [1.54, 1.807) is 13.8 Å². The van der Waals surface area contributed by atoms with Crippen LogP contribution in [0.15, 0.2) is 0 Å². The van der Waals surface area contributed by atoms with Crippen molar-refractivity contribution in [1.29, 1.82) is 0 Å². The van der Waals surface area contributed by atoms with Gasteiger partial charge in [0, 0.05) is 18.9 Å². The quantitative estimate of drug-likeness (QED) is 0.503. The second kappa shape index (κ2) is 4.91. The Morgan fingerprint density at radius 2 is 1.93 bits per heavy atom. The summed E-state index contributed by atoms with van der Waals surface area (Å²) >= 11 is 0. The Hall–Kier alpha value is -1.39. The van der Waals surface area contributed by atoms with E-state index >= 15 is 0 Å². The van der Waals surface area contributed by atoms with Crippen LogP contribution in [0.1, 0.15) is 33.1 Å². The minimum absolute atomic E-state index is 0.0747. The molecule has 0 aromatic rings. The summed E-state index contributed by atoms with van der Waals surface area (Å²) in [5.74, 6) is -0.772. The van der Waals surface area contributed by atoms with Crippen LogP contribution in [0.25, 0.3) is 0 Å². The van der Waals surface area contributed by atoms with Gasteiger partial charge < -0.3 is 4.74 Å². The Balaban J connectivity index is 2.52. The van der Waals surface area contributed by atoms with Crippen LogP contribution in [0.2, 0.25) is 0 Å². The molecule has 1 fully saturated rings. The molecule has 0 saturated carbocycles. The highest BCUT2D eigenvalue weighted by Crippen LogP contribution is 2.17. The summed E-state index contributed by atoms with van der Waals surface area (Å²) in [5, 5.41) is 0. The molecule has 1 aliphatic heterocycles. The van der Waals surface area contributed by atoms with Gasteiger partial charge in [0.1, 0.15) is 0 Å². The summed E-state index contributed by atoms with van der Waals surface area (Å²) < 4.78 is 4.75. The molecule has 2 amide bonds. The fourth-order valence-corrected chi connectivity index (χ4v) is 1.64. The number of likely N-dealkylation sites (tertiary alicyclic amines) is 1. The first-order chi connectivity index (χ1) is 7.06. The van der Waals surface area contributed by atoms with Crippen molar-refractivity contribution in [2.24, 2.45) is 0 Å². The number of esters is 1. The number of carbonyl (C=O) groups excluding carboxylic acids is 3. The van der Waals surface area contributed by atoms with Crippen molar-refractivity contribution in [2.45, 2.75) is 39.2 Å². The highest BCUT2D eigenvalue weighted by molar-refractivity contribution is 6.02. The summed E-state index contributed by atoms with van der Waals surface area (Å²) in [6, 6.07) is -0.397. The molecule has 1 saturated heterocycles. The second-order valence-corrected chi connectivity index (χ2v) is 3.52. The third kappa shape index (κ3) is 2.78. The van der Waals surface area contributed by atoms with Gasteiger partial charge in [-0.15, -0.1) is 0 Å². The molecule has 1 atom stereocenters. The van der Waals surface area contributed by atoms with Crippen LogP contribution in [0.3, 0.4) is 0 Å². The molecule has 0 N–H and O–H groups in total. The molecule has 5 heteroatoms. The predicted molar refractivity (Wildman–Crippen MR) is 51.8 cm³/mol. The molecule has 0 aromatic heterocycles. The molecule has 0 spiro atoms. The van der Waals surface area contributed by atoms with Gasteiger partial charge in [-0.2, -0.15) is 0 Å². The van der Waals surface area contributed by atoms with Crippen molar-refractivity contribution in [2.75, 3.05) is 6.61 Å². The van der Waals surface area contributed by atoms with Crippen molar-refractivity contribution >= 4 is 17.8 Å². The van der Waals surface area contributed by atoms with E-state index < -0.39 is 6.04 Å². The van der Waals surface area contributed by atoms with Crippen LogP contribution < -0.4 is 0 Å². The first-order valence-electron chi connectivity index (χ1n) is 5.06. The molecular formula is C10H15NO4. The second-order valence-electron chi connectivity index (χ2n) is 3.52. The highest BCUT2D eigenvalue weighted by atomic mass is 16.5. The summed E-state index contributed by atoms with van der Waals surface area (Å²) in [7, 11) is 0. The standard InChI is InChI=1S/C10H15NO4/c1-3-15-10(14)6-7(2)11-8(12)4-5-9(11)13/h7H,3-6H2,1-2H3/t7-/m0/s1. The number of rotatable bonds is 4. The van der Waals surface area contributed by atoms with Crippen molar-refractivity contribution < 1.29 is 19.1 Å². The minimum atomic E-state index is -0.397. The lowest BCUT2D eigenvalue weighted by Crippen LogP contribution is -2.39. The summed E-state index contributed by atoms with van der Waals surface area (Å²) in [6.07, 6.45) is 0.587. The van der Waals surface area contributed by atoms with Gasteiger partial charge in [-0.1, -0.05) is 0 Å². The van der Waals surface area contributed by atoms with Gasteiger partial charge in [-0.25, -0.2) is 0 Å². The molecular weight excluding hydrogens is 198 g/mol. The average molecular weight is 213 g/mol. The van der Waals surface area contributed by atoms with E-state index in [2.05, 4.69) is 0 Å². The van der Waals surface area contributed by atoms with E-state index in [0.29, 0.717) is 6.61 Å². The molecule has 5 nitrogen and oxygen atoms in total. The largest absolute Gasteiger partial charge is 0.466 e. The van der Waals surface area contributed by atoms with Gasteiger partial charge in [0.25, 0.3) is 0 Å². The fourth-order valence-electron chi connectivity index (χ4n) is 1.64. The van der Waals surface area contributed by atoms with Crippen molar-refractivity contribution in [1.82, 2.24) is 4.90 Å². The molecule has 84 valence electrons. The van der Waals surface area contributed by atoms with Gasteiger partial charge in [0.2, 0.25) is 11.8 Å². The van der Waals surface area contributed by atoms with Crippen molar-refractivity contribution in [3.8, 4) is 0 Å². The third-order valence-electron chi connectivity index (χ3n) is 2.30. The van der Waals surface area contributed by atoms with Gasteiger partial charge in [-0.05, 0) is 13.8 Å². The minimum Gasteiger partial charge on any atom is -0.466 e. The molecule has 0 radical (unpaired) electrons. The van der Waals surface area contributed by atoms with Gasteiger partial charge in [0.05, 0.1) is 13.0 Å². The summed E-state index contributed by atoms with van der Waals surface area (Å²) in [4.78, 5) is 35.0. The molecule has 15 heavy (non-hydrogen) atoms. The topological polar surface area (TPSA) is 63.7 Å². The Bertz CT molecular complexity index is 271. The summed E-state index contributed by atoms with van der Waals surface area (Å²) in [6.45, 7) is 3.71. The fraction of sp³-hybridized carbons (Fsp3) is 0.700. The number of hydrogen-bond donors (Lipinski definition) is 0.